The molecule has 1 saturated heterocycles. The Labute approximate surface area is 229 Å². The van der Waals surface area contributed by atoms with Crippen LogP contribution in [0.25, 0.3) is 0 Å². The van der Waals surface area contributed by atoms with Crippen molar-refractivity contribution in [2.75, 3.05) is 13.2 Å². The van der Waals surface area contributed by atoms with Crippen molar-refractivity contribution in [3.05, 3.63) is 114 Å². The first-order chi connectivity index (χ1) is 18.8. The topological polar surface area (TPSA) is 98.6 Å². The number of sulfonamides is 1. The van der Waals surface area contributed by atoms with Gasteiger partial charge in [0.15, 0.2) is 0 Å². The van der Waals surface area contributed by atoms with E-state index in [0.717, 1.165) is 18.4 Å². The van der Waals surface area contributed by atoms with Crippen molar-refractivity contribution < 1.29 is 21.6 Å². The quantitative estimate of drug-likeness (QED) is 0.269. The van der Waals surface area contributed by atoms with Crippen LogP contribution in [-0.2, 0) is 43.4 Å². The van der Waals surface area contributed by atoms with E-state index in [1.54, 1.807) is 59.2 Å². The maximum absolute atomic E-state index is 13.8. The van der Waals surface area contributed by atoms with Crippen LogP contribution in [0.5, 0.6) is 0 Å². The van der Waals surface area contributed by atoms with Gasteiger partial charge in [-0.2, -0.15) is 4.31 Å². The van der Waals surface area contributed by atoms with Crippen LogP contribution in [0.1, 0.15) is 29.7 Å². The number of hydrogen-bond donors (Lipinski definition) is 0. The smallest absolute Gasteiger partial charge is 0.243 e. The van der Waals surface area contributed by atoms with Crippen LogP contribution >= 0.6 is 0 Å². The molecule has 1 aliphatic heterocycles. The Balaban J connectivity index is 1.54. The van der Waals surface area contributed by atoms with Gasteiger partial charge in [-0.3, -0.25) is 0 Å². The fourth-order valence-corrected chi connectivity index (χ4v) is 7.70. The number of aromatic nitrogens is 2. The lowest BCUT2D eigenvalue weighted by molar-refractivity contribution is 0.0921. The molecule has 0 bridgehead atoms. The van der Waals surface area contributed by atoms with Crippen molar-refractivity contribution >= 4 is 19.9 Å². The predicted molar refractivity (Wildman–Crippen MR) is 148 cm³/mol. The van der Waals surface area contributed by atoms with E-state index in [4.69, 9.17) is 4.74 Å². The monoisotopic (exact) mass is 565 g/mol. The van der Waals surface area contributed by atoms with E-state index in [1.165, 1.54) is 10.5 Å². The van der Waals surface area contributed by atoms with E-state index in [9.17, 15) is 16.8 Å². The Kier molecular flexibility index (Phi) is 8.27. The van der Waals surface area contributed by atoms with Gasteiger partial charge >= 0.3 is 0 Å². The van der Waals surface area contributed by atoms with Gasteiger partial charge in [-0.25, -0.2) is 21.8 Å². The van der Waals surface area contributed by atoms with E-state index in [0.29, 0.717) is 17.9 Å². The van der Waals surface area contributed by atoms with Gasteiger partial charge in [0.05, 0.1) is 41.7 Å². The molecular formula is C29H31N3O5S2. The zero-order chi connectivity index (χ0) is 27.3. The third kappa shape index (κ3) is 6.47. The van der Waals surface area contributed by atoms with Crippen LogP contribution < -0.4 is 0 Å². The minimum atomic E-state index is -3.89. The molecule has 0 radical (unpaired) electrons. The van der Waals surface area contributed by atoms with E-state index in [-0.39, 0.29) is 41.5 Å². The van der Waals surface area contributed by atoms with Gasteiger partial charge in [-0.1, -0.05) is 78.9 Å². The van der Waals surface area contributed by atoms with Crippen molar-refractivity contribution in [3.63, 3.8) is 0 Å². The van der Waals surface area contributed by atoms with Crippen LogP contribution in [0.15, 0.2) is 107 Å². The van der Waals surface area contributed by atoms with Crippen LogP contribution in [0.2, 0.25) is 0 Å². The number of hydrogen-bond acceptors (Lipinski definition) is 6. The maximum Gasteiger partial charge on any atom is 0.243 e. The number of rotatable bonds is 11. The van der Waals surface area contributed by atoms with Crippen molar-refractivity contribution in [1.29, 1.82) is 0 Å². The Hall–Kier alpha value is -3.31. The number of imidazole rings is 1. The Bertz CT molecular complexity index is 1580. The molecule has 3 aromatic carbocycles. The van der Waals surface area contributed by atoms with Gasteiger partial charge in [0.2, 0.25) is 25.0 Å². The molecule has 0 N–H and O–H groups in total. The number of benzene rings is 3. The van der Waals surface area contributed by atoms with Crippen LogP contribution in [0.4, 0.5) is 0 Å². The van der Waals surface area contributed by atoms with Gasteiger partial charge < -0.3 is 9.30 Å². The molecule has 1 aliphatic rings. The summed E-state index contributed by atoms with van der Waals surface area (Å²) in [5.41, 5.74) is 2.02. The van der Waals surface area contributed by atoms with Crippen LogP contribution in [0.3, 0.4) is 0 Å². The average Bonchev–Trinajstić information content (AvgIpc) is 3.60. The molecule has 10 heteroatoms. The molecule has 4 aromatic rings. The summed E-state index contributed by atoms with van der Waals surface area (Å²) in [7, 11) is -7.72. The fraction of sp³-hybridized carbons (Fsp3) is 0.276. The third-order valence-electron chi connectivity index (χ3n) is 6.71. The standard InChI is InChI=1S/C29H31N3O5S2/c33-38(34,23-25-13-6-2-7-14-25)29-30-19-26(32(29)20-24-11-4-1-5-12-24)21-31(22-27-15-10-18-37-27)39(35,36)28-16-8-3-9-17-28/h1-9,11-14,16-17,19,27H,10,15,18,20-23H2. The van der Waals surface area contributed by atoms with Crippen LogP contribution in [-0.4, -0.2) is 49.9 Å². The highest BCUT2D eigenvalue weighted by Crippen LogP contribution is 2.25. The lowest BCUT2D eigenvalue weighted by Crippen LogP contribution is -2.37. The molecule has 204 valence electrons. The fourth-order valence-electron chi connectivity index (χ4n) is 4.75. The first kappa shape index (κ1) is 27.3. The number of nitrogens with zero attached hydrogens (tertiary/aromatic N) is 3. The van der Waals surface area contributed by atoms with E-state index in [2.05, 4.69) is 4.98 Å². The number of ether oxygens (including phenoxy) is 1. The molecule has 1 fully saturated rings. The van der Waals surface area contributed by atoms with Crippen molar-refractivity contribution in [3.8, 4) is 0 Å². The molecule has 5 rings (SSSR count). The largest absolute Gasteiger partial charge is 0.377 e. The van der Waals surface area contributed by atoms with Gasteiger partial charge in [0.25, 0.3) is 0 Å². The highest BCUT2D eigenvalue weighted by Gasteiger charge is 2.32. The van der Waals surface area contributed by atoms with E-state index in [1.807, 2.05) is 36.4 Å². The van der Waals surface area contributed by atoms with E-state index < -0.39 is 19.9 Å². The summed E-state index contributed by atoms with van der Waals surface area (Å²) in [6.45, 7) is 0.952. The molecule has 8 nitrogen and oxygen atoms in total. The second kappa shape index (κ2) is 11.8. The summed E-state index contributed by atoms with van der Waals surface area (Å²) in [6, 6.07) is 26.7. The lowest BCUT2D eigenvalue weighted by atomic mass is 10.2. The highest BCUT2D eigenvalue weighted by molar-refractivity contribution is 7.90. The van der Waals surface area contributed by atoms with Crippen molar-refractivity contribution in [2.45, 2.75) is 47.8 Å². The predicted octanol–water partition coefficient (Wildman–Crippen LogP) is 4.28. The molecule has 0 aliphatic carbocycles. The molecule has 0 amide bonds. The second-order valence-corrected chi connectivity index (χ2v) is 13.4. The second-order valence-electron chi connectivity index (χ2n) is 9.59. The van der Waals surface area contributed by atoms with Gasteiger partial charge in [-0.15, -0.1) is 0 Å². The first-order valence-corrected chi connectivity index (χ1v) is 15.9. The average molecular weight is 566 g/mol. The van der Waals surface area contributed by atoms with E-state index >= 15 is 0 Å². The normalized spacial score (nSPS) is 16.1. The van der Waals surface area contributed by atoms with Crippen molar-refractivity contribution in [2.24, 2.45) is 0 Å². The molecule has 1 unspecified atom stereocenters. The zero-order valence-electron chi connectivity index (χ0n) is 21.5. The van der Waals surface area contributed by atoms with Gasteiger partial charge in [-0.05, 0) is 36.1 Å². The minimum Gasteiger partial charge on any atom is -0.377 e. The summed E-state index contributed by atoms with van der Waals surface area (Å²) in [5.74, 6) is -0.207. The molecule has 0 saturated carbocycles. The zero-order valence-corrected chi connectivity index (χ0v) is 23.1. The molecule has 1 aromatic heterocycles. The maximum atomic E-state index is 13.8. The lowest BCUT2D eigenvalue weighted by Gasteiger charge is -2.25. The molecule has 39 heavy (non-hydrogen) atoms. The van der Waals surface area contributed by atoms with Crippen molar-refractivity contribution in [1.82, 2.24) is 13.9 Å². The van der Waals surface area contributed by atoms with Gasteiger partial charge in [0, 0.05) is 13.2 Å². The Morgan fingerprint density at radius 3 is 2.08 bits per heavy atom. The molecule has 1 atom stereocenters. The summed E-state index contributed by atoms with van der Waals surface area (Å²) in [6.07, 6.45) is 2.89. The summed E-state index contributed by atoms with van der Waals surface area (Å²) >= 11 is 0. The third-order valence-corrected chi connectivity index (χ3v) is 10.1. The molecule has 0 spiro atoms. The minimum absolute atomic E-state index is 0.0439. The Morgan fingerprint density at radius 2 is 1.46 bits per heavy atom. The molecular weight excluding hydrogens is 534 g/mol. The van der Waals surface area contributed by atoms with Crippen LogP contribution in [0, 0.1) is 0 Å². The van der Waals surface area contributed by atoms with Gasteiger partial charge in [0.1, 0.15) is 0 Å². The first-order valence-electron chi connectivity index (χ1n) is 12.8. The summed E-state index contributed by atoms with van der Waals surface area (Å²) < 4.78 is 63.5. The Morgan fingerprint density at radius 1 is 0.846 bits per heavy atom. The SMILES string of the molecule is O=S(=O)(Cc1ccccc1)c1ncc(CN(CC2CCCO2)S(=O)(=O)c2ccccc2)n1Cc1ccccc1. The highest BCUT2D eigenvalue weighted by atomic mass is 32.2. The summed E-state index contributed by atoms with van der Waals surface area (Å²) in [5, 5.41) is -0.0839. The number of sulfone groups is 1. The molecule has 2 heterocycles. The summed E-state index contributed by atoms with van der Waals surface area (Å²) in [4.78, 5) is 4.52.